The van der Waals surface area contributed by atoms with Crippen LogP contribution in [0.15, 0.2) is 12.4 Å². The quantitative estimate of drug-likeness (QED) is 0.794. The lowest BCUT2D eigenvalue weighted by Crippen LogP contribution is -2.48. The molecule has 1 amide bonds. The van der Waals surface area contributed by atoms with Crippen LogP contribution in [0.25, 0.3) is 0 Å². The minimum absolute atomic E-state index is 0.0632. The van der Waals surface area contributed by atoms with Crippen molar-refractivity contribution in [2.75, 3.05) is 38.0 Å². The average molecular weight is 256 g/mol. The molecule has 0 aliphatic carbocycles. The van der Waals surface area contributed by atoms with E-state index in [1.165, 1.54) is 12.4 Å². The van der Waals surface area contributed by atoms with Gasteiger partial charge in [0.1, 0.15) is 11.0 Å². The maximum atomic E-state index is 11.8. The fraction of sp³-hybridized carbons (Fsp3) is 0.500. The lowest BCUT2D eigenvalue weighted by molar-refractivity contribution is -0.129. The third-order valence-electron chi connectivity index (χ3n) is 2.50. The van der Waals surface area contributed by atoms with Crippen molar-refractivity contribution in [2.24, 2.45) is 0 Å². The zero-order valence-electron chi connectivity index (χ0n) is 9.32. The smallest absolute Gasteiger partial charge is 0.242 e. The number of carbonyl (C=O) groups excluding carboxylic acids is 1. The molecule has 1 saturated heterocycles. The molecule has 1 aliphatic rings. The van der Waals surface area contributed by atoms with Gasteiger partial charge in [-0.3, -0.25) is 9.78 Å². The van der Waals surface area contributed by atoms with Gasteiger partial charge in [0.25, 0.3) is 0 Å². The lowest BCUT2D eigenvalue weighted by Gasteiger charge is -2.27. The maximum absolute atomic E-state index is 11.8. The number of piperazine rings is 1. The minimum Gasteiger partial charge on any atom is -0.360 e. The molecule has 2 N–H and O–H groups in total. The van der Waals surface area contributed by atoms with Gasteiger partial charge in [0, 0.05) is 26.2 Å². The summed E-state index contributed by atoms with van der Waals surface area (Å²) in [5, 5.41) is 6.42. The van der Waals surface area contributed by atoms with E-state index < -0.39 is 0 Å². The Bertz CT molecular complexity index is 394. The average Bonchev–Trinajstić information content (AvgIpc) is 2.37. The van der Waals surface area contributed by atoms with Gasteiger partial charge in [-0.25, -0.2) is 4.98 Å². The monoisotopic (exact) mass is 255 g/mol. The van der Waals surface area contributed by atoms with E-state index in [2.05, 4.69) is 20.6 Å². The normalized spacial score (nSPS) is 15.7. The number of amides is 1. The second-order valence-electron chi connectivity index (χ2n) is 3.71. The van der Waals surface area contributed by atoms with E-state index >= 15 is 0 Å². The van der Waals surface area contributed by atoms with E-state index in [1.807, 2.05) is 4.90 Å². The van der Waals surface area contributed by atoms with Crippen molar-refractivity contribution in [3.63, 3.8) is 0 Å². The Morgan fingerprint density at radius 3 is 2.94 bits per heavy atom. The SMILES string of the molecule is O=C(CNc1cncc(Cl)n1)N1CCNCC1. The van der Waals surface area contributed by atoms with E-state index in [0.29, 0.717) is 11.0 Å². The van der Waals surface area contributed by atoms with Gasteiger partial charge < -0.3 is 15.5 Å². The second kappa shape index (κ2) is 5.79. The highest BCUT2D eigenvalue weighted by Gasteiger charge is 2.15. The zero-order chi connectivity index (χ0) is 12.1. The molecule has 92 valence electrons. The Kier molecular flexibility index (Phi) is 4.11. The molecule has 7 heteroatoms. The largest absolute Gasteiger partial charge is 0.360 e. The van der Waals surface area contributed by atoms with Crippen molar-refractivity contribution >= 4 is 23.3 Å². The Morgan fingerprint density at radius 1 is 1.47 bits per heavy atom. The molecule has 0 aromatic carbocycles. The summed E-state index contributed by atoms with van der Waals surface area (Å²) in [5.41, 5.74) is 0. The van der Waals surface area contributed by atoms with Gasteiger partial charge in [0.15, 0.2) is 0 Å². The van der Waals surface area contributed by atoms with E-state index in [-0.39, 0.29) is 12.5 Å². The summed E-state index contributed by atoms with van der Waals surface area (Å²) in [7, 11) is 0. The molecule has 0 saturated carbocycles. The molecule has 1 fully saturated rings. The van der Waals surface area contributed by atoms with Gasteiger partial charge in [0.05, 0.1) is 18.9 Å². The molecule has 1 aliphatic heterocycles. The van der Waals surface area contributed by atoms with Crippen LogP contribution in [0.4, 0.5) is 5.82 Å². The van der Waals surface area contributed by atoms with E-state index in [0.717, 1.165) is 26.2 Å². The number of aromatic nitrogens is 2. The van der Waals surface area contributed by atoms with Crippen molar-refractivity contribution in [1.82, 2.24) is 20.2 Å². The predicted molar refractivity (Wildman–Crippen MR) is 65.0 cm³/mol. The lowest BCUT2D eigenvalue weighted by atomic mass is 10.3. The van der Waals surface area contributed by atoms with E-state index in [4.69, 9.17) is 11.6 Å². The molecule has 0 spiro atoms. The maximum Gasteiger partial charge on any atom is 0.242 e. The van der Waals surface area contributed by atoms with Crippen LogP contribution in [-0.4, -0.2) is 53.5 Å². The highest BCUT2D eigenvalue weighted by molar-refractivity contribution is 6.29. The number of carbonyl (C=O) groups is 1. The van der Waals surface area contributed by atoms with Crippen LogP contribution in [0, 0.1) is 0 Å². The van der Waals surface area contributed by atoms with Crippen LogP contribution >= 0.6 is 11.6 Å². The van der Waals surface area contributed by atoms with Crippen LogP contribution in [0.2, 0.25) is 5.15 Å². The highest BCUT2D eigenvalue weighted by atomic mass is 35.5. The van der Waals surface area contributed by atoms with Crippen LogP contribution < -0.4 is 10.6 Å². The molecule has 1 aromatic heterocycles. The van der Waals surface area contributed by atoms with E-state index in [9.17, 15) is 4.79 Å². The molecule has 6 nitrogen and oxygen atoms in total. The van der Waals surface area contributed by atoms with Crippen molar-refractivity contribution in [3.05, 3.63) is 17.5 Å². The number of hydrogen-bond donors (Lipinski definition) is 2. The van der Waals surface area contributed by atoms with Gasteiger partial charge in [-0.15, -0.1) is 0 Å². The first-order valence-corrected chi connectivity index (χ1v) is 5.83. The highest BCUT2D eigenvalue weighted by Crippen LogP contribution is 2.06. The van der Waals surface area contributed by atoms with Crippen molar-refractivity contribution < 1.29 is 4.79 Å². The van der Waals surface area contributed by atoms with E-state index in [1.54, 1.807) is 0 Å². The summed E-state index contributed by atoms with van der Waals surface area (Å²) in [6.07, 6.45) is 2.99. The molecular weight excluding hydrogens is 242 g/mol. The first-order valence-electron chi connectivity index (χ1n) is 5.45. The molecule has 17 heavy (non-hydrogen) atoms. The molecular formula is C10H14ClN5O. The number of halogens is 1. The third kappa shape index (κ3) is 3.54. The summed E-state index contributed by atoms with van der Waals surface area (Å²) < 4.78 is 0. The molecule has 0 atom stereocenters. The molecule has 2 heterocycles. The summed E-state index contributed by atoms with van der Waals surface area (Å²) in [5.74, 6) is 0.578. The summed E-state index contributed by atoms with van der Waals surface area (Å²) in [6.45, 7) is 3.42. The van der Waals surface area contributed by atoms with Crippen molar-refractivity contribution in [2.45, 2.75) is 0 Å². The van der Waals surface area contributed by atoms with Crippen molar-refractivity contribution in [1.29, 1.82) is 0 Å². The van der Waals surface area contributed by atoms with Crippen LogP contribution in [0.3, 0.4) is 0 Å². The van der Waals surface area contributed by atoms with Gasteiger partial charge in [0.2, 0.25) is 5.91 Å². The first-order chi connectivity index (χ1) is 8.25. The minimum atomic E-state index is 0.0632. The van der Waals surface area contributed by atoms with Gasteiger partial charge in [-0.05, 0) is 0 Å². The molecule has 2 rings (SSSR count). The number of rotatable bonds is 3. The fourth-order valence-corrected chi connectivity index (χ4v) is 1.77. The number of anilines is 1. The first kappa shape index (κ1) is 12.1. The van der Waals surface area contributed by atoms with Gasteiger partial charge in [-0.1, -0.05) is 11.6 Å². The topological polar surface area (TPSA) is 70.2 Å². The summed E-state index contributed by atoms with van der Waals surface area (Å²) in [4.78, 5) is 21.5. The molecule has 0 radical (unpaired) electrons. The number of nitrogens with one attached hydrogen (secondary N) is 2. The Labute approximate surface area is 104 Å². The predicted octanol–water partition coefficient (Wildman–Crippen LogP) is -0.0263. The Morgan fingerprint density at radius 2 is 2.24 bits per heavy atom. The Hall–Kier alpha value is -1.40. The molecule has 0 bridgehead atoms. The van der Waals surface area contributed by atoms with Crippen LogP contribution in [-0.2, 0) is 4.79 Å². The van der Waals surface area contributed by atoms with Crippen LogP contribution in [0.5, 0.6) is 0 Å². The fourth-order valence-electron chi connectivity index (χ4n) is 1.62. The van der Waals surface area contributed by atoms with Gasteiger partial charge in [-0.2, -0.15) is 0 Å². The Balaban J connectivity index is 1.83. The number of nitrogens with zero attached hydrogens (tertiary/aromatic N) is 3. The summed E-state index contributed by atoms with van der Waals surface area (Å²) >= 11 is 5.69. The molecule has 1 aromatic rings. The number of hydrogen-bond acceptors (Lipinski definition) is 5. The van der Waals surface area contributed by atoms with Crippen LogP contribution in [0.1, 0.15) is 0 Å². The van der Waals surface area contributed by atoms with Gasteiger partial charge >= 0.3 is 0 Å². The summed E-state index contributed by atoms with van der Waals surface area (Å²) in [6, 6.07) is 0. The third-order valence-corrected chi connectivity index (χ3v) is 2.68. The second-order valence-corrected chi connectivity index (χ2v) is 4.10. The standard InChI is InChI=1S/C10H14ClN5O/c11-8-5-13-6-9(15-8)14-7-10(17)16-3-1-12-2-4-16/h5-6,12H,1-4,7H2,(H,14,15). The zero-order valence-corrected chi connectivity index (χ0v) is 10.1. The molecule has 0 unspecified atom stereocenters. The van der Waals surface area contributed by atoms with Crippen molar-refractivity contribution in [3.8, 4) is 0 Å².